The molecule has 0 aromatic heterocycles. The number of hydrogen-bond donors (Lipinski definition) is 1. The molecule has 0 spiro atoms. The molecule has 4 rings (SSSR count). The third-order valence-corrected chi connectivity index (χ3v) is 8.71. The van der Waals surface area contributed by atoms with E-state index in [1.54, 1.807) is 30.3 Å². The molecule has 3 atom stereocenters. The van der Waals surface area contributed by atoms with Gasteiger partial charge in [-0.1, -0.05) is 58.5 Å². The molecule has 1 saturated heterocycles. The van der Waals surface area contributed by atoms with Gasteiger partial charge in [-0.05, 0) is 55.3 Å². The van der Waals surface area contributed by atoms with Crippen molar-refractivity contribution in [2.75, 3.05) is 27.2 Å². The molecule has 1 aliphatic carbocycles. The number of primary amides is 1. The molecule has 182 valence electrons. The Bertz CT molecular complexity index is 1140. The maximum Gasteiger partial charge on any atom is 0.325 e. The van der Waals surface area contributed by atoms with Crippen LogP contribution in [0.1, 0.15) is 30.4 Å². The third kappa shape index (κ3) is 4.59. The molecule has 2 amide bonds. The molecule has 5 nitrogen and oxygen atoms in total. The summed E-state index contributed by atoms with van der Waals surface area (Å²) < 4.78 is -0.0996. The molecule has 2 N–H and O–H groups in total. The highest BCUT2D eigenvalue weighted by Crippen LogP contribution is 2.54. The molecule has 34 heavy (non-hydrogen) atoms. The average molecular weight is 544 g/mol. The molecule has 0 bridgehead atoms. The molecule has 2 aliphatic rings. The summed E-state index contributed by atoms with van der Waals surface area (Å²) in [7, 11) is 3.88. The van der Waals surface area contributed by atoms with Crippen LogP contribution in [0, 0.1) is 0 Å². The van der Waals surface area contributed by atoms with E-state index in [1.807, 2.05) is 20.2 Å². The Balaban J connectivity index is 1.80. The highest BCUT2D eigenvalue weighted by Gasteiger charge is 2.64. The molecule has 1 aliphatic heterocycles. The summed E-state index contributed by atoms with van der Waals surface area (Å²) >= 11 is 25.2. The fourth-order valence-corrected chi connectivity index (χ4v) is 6.50. The largest absolute Gasteiger partial charge is 0.364 e. The van der Waals surface area contributed by atoms with Gasteiger partial charge >= 0.3 is 5.91 Å². The van der Waals surface area contributed by atoms with Gasteiger partial charge in [0.05, 0.1) is 13.6 Å². The molecule has 2 aromatic rings. The number of nitrogens with zero attached hydrogens (tertiary/aromatic N) is 2. The quantitative estimate of drug-likeness (QED) is 0.494. The van der Waals surface area contributed by atoms with Crippen molar-refractivity contribution in [1.29, 1.82) is 0 Å². The first-order valence-corrected chi connectivity index (χ1v) is 12.8. The van der Waals surface area contributed by atoms with Gasteiger partial charge in [0, 0.05) is 39.5 Å². The highest BCUT2D eigenvalue weighted by atomic mass is 35.5. The number of nitrogens with two attached hydrogens (primary N) is 1. The van der Waals surface area contributed by atoms with Gasteiger partial charge in [0.15, 0.2) is 6.04 Å². The monoisotopic (exact) mass is 542 g/mol. The summed E-state index contributed by atoms with van der Waals surface area (Å²) in [6.07, 6.45) is 2.34. The lowest BCUT2D eigenvalue weighted by Crippen LogP contribution is -2.69. The summed E-state index contributed by atoms with van der Waals surface area (Å²) in [6.45, 7) is 1.53. The van der Waals surface area contributed by atoms with E-state index in [0.717, 1.165) is 24.1 Å². The van der Waals surface area contributed by atoms with Crippen molar-refractivity contribution in [2.24, 2.45) is 5.73 Å². The minimum absolute atomic E-state index is 0.0362. The van der Waals surface area contributed by atoms with Crippen molar-refractivity contribution in [3.05, 3.63) is 67.6 Å². The molecule has 2 aromatic carbocycles. The van der Waals surface area contributed by atoms with E-state index in [2.05, 4.69) is 4.90 Å². The Morgan fingerprint density at radius 2 is 1.71 bits per heavy atom. The Morgan fingerprint density at radius 1 is 1.09 bits per heavy atom. The van der Waals surface area contributed by atoms with Gasteiger partial charge in [-0.25, -0.2) is 9.28 Å². The van der Waals surface area contributed by atoms with E-state index >= 15 is 0 Å². The zero-order chi connectivity index (χ0) is 24.8. The SMILES string of the molecule is CN1CCC([N+](C)(C(=O)C2(c3ccc(Cl)cc3Cl)CC2)[C@@H](Cc2ccc(Cl)cc2Cl)C(N)=O)C1. The van der Waals surface area contributed by atoms with Gasteiger partial charge in [0.1, 0.15) is 11.5 Å². The van der Waals surface area contributed by atoms with Gasteiger partial charge in [0.2, 0.25) is 0 Å². The second-order valence-corrected chi connectivity index (χ2v) is 11.4. The van der Waals surface area contributed by atoms with Gasteiger partial charge in [-0.15, -0.1) is 0 Å². The van der Waals surface area contributed by atoms with Crippen LogP contribution in [0.3, 0.4) is 0 Å². The van der Waals surface area contributed by atoms with Crippen LogP contribution in [0.2, 0.25) is 20.1 Å². The standard InChI is InChI=1S/C25H27Cl4N3O2/c1-31-10-7-18(14-31)32(2,22(23(30)33)11-15-3-4-16(26)12-20(15)28)24(34)25(8-9-25)19-6-5-17(27)13-21(19)29/h3-6,12-13,18,22H,7-11,14H2,1-2H3,(H-,30,33)/p+1/t18?,22-,32?/m0/s1. The number of rotatable bonds is 7. The number of likely N-dealkylation sites (N-methyl/N-ethyl adjacent to an activating group) is 2. The molecule has 1 heterocycles. The number of carbonyl (C=O) groups excluding carboxylic acids is 2. The minimum atomic E-state index is -0.800. The van der Waals surface area contributed by atoms with E-state index in [1.165, 1.54) is 0 Å². The van der Waals surface area contributed by atoms with E-state index in [-0.39, 0.29) is 22.9 Å². The Hall–Kier alpha value is -1.34. The first-order valence-electron chi connectivity index (χ1n) is 11.3. The average Bonchev–Trinajstić information content (AvgIpc) is 3.44. The van der Waals surface area contributed by atoms with Crippen molar-refractivity contribution in [2.45, 2.75) is 43.2 Å². The van der Waals surface area contributed by atoms with Crippen LogP contribution in [0.5, 0.6) is 0 Å². The first kappa shape index (κ1) is 25.7. The lowest BCUT2D eigenvalue weighted by molar-refractivity contribution is -0.875. The minimum Gasteiger partial charge on any atom is -0.364 e. The number of hydrogen-bond acceptors (Lipinski definition) is 3. The zero-order valence-corrected chi connectivity index (χ0v) is 22.2. The fourth-order valence-electron chi connectivity index (χ4n) is 5.42. The van der Waals surface area contributed by atoms with Crippen molar-refractivity contribution in [1.82, 2.24) is 4.90 Å². The normalized spacial score (nSPS) is 22.2. The van der Waals surface area contributed by atoms with Crippen molar-refractivity contribution >= 4 is 58.2 Å². The molecular formula is C25H28Cl4N3O2+. The molecular weight excluding hydrogens is 516 g/mol. The van der Waals surface area contributed by atoms with E-state index in [0.29, 0.717) is 39.5 Å². The van der Waals surface area contributed by atoms with Crippen molar-refractivity contribution in [3.63, 3.8) is 0 Å². The maximum atomic E-state index is 14.6. The Kier molecular flexibility index (Phi) is 7.27. The summed E-state index contributed by atoms with van der Waals surface area (Å²) in [5.74, 6) is -0.569. The predicted octanol–water partition coefficient (Wildman–Crippen LogP) is 5.11. The van der Waals surface area contributed by atoms with Crippen LogP contribution in [-0.2, 0) is 21.4 Å². The first-order chi connectivity index (χ1) is 16.0. The topological polar surface area (TPSA) is 63.4 Å². The molecule has 0 radical (unpaired) electrons. The van der Waals surface area contributed by atoms with Crippen LogP contribution in [0.15, 0.2) is 36.4 Å². The summed E-state index contributed by atoms with van der Waals surface area (Å²) in [5, 5.41) is 1.93. The van der Waals surface area contributed by atoms with Crippen LogP contribution < -0.4 is 5.73 Å². The van der Waals surface area contributed by atoms with Crippen molar-refractivity contribution < 1.29 is 14.1 Å². The number of quaternary nitrogens is 1. The third-order valence-electron chi connectivity index (χ3n) is 7.57. The summed E-state index contributed by atoms with van der Waals surface area (Å²) in [4.78, 5) is 29.7. The number of carbonyl (C=O) groups is 2. The van der Waals surface area contributed by atoms with E-state index < -0.39 is 17.4 Å². The van der Waals surface area contributed by atoms with Gasteiger partial charge in [-0.2, -0.15) is 0 Å². The van der Waals surface area contributed by atoms with E-state index in [4.69, 9.17) is 52.1 Å². The lowest BCUT2D eigenvalue weighted by atomic mass is 9.89. The van der Waals surface area contributed by atoms with Crippen LogP contribution in [0.4, 0.5) is 0 Å². The predicted molar refractivity (Wildman–Crippen MR) is 138 cm³/mol. The second-order valence-electron chi connectivity index (χ2n) is 9.72. The van der Waals surface area contributed by atoms with Gasteiger partial charge in [0.25, 0.3) is 5.91 Å². The second kappa shape index (κ2) is 9.61. The molecule has 1 saturated carbocycles. The van der Waals surface area contributed by atoms with Gasteiger partial charge in [-0.3, -0.25) is 4.79 Å². The maximum absolute atomic E-state index is 14.6. The Morgan fingerprint density at radius 3 is 2.21 bits per heavy atom. The summed E-state index contributed by atoms with van der Waals surface area (Å²) in [5.41, 5.74) is 6.73. The number of benzene rings is 2. The molecule has 2 unspecified atom stereocenters. The Labute approximate surface area is 220 Å². The fraction of sp³-hybridized carbons (Fsp3) is 0.440. The number of amides is 2. The number of halogens is 4. The zero-order valence-electron chi connectivity index (χ0n) is 19.2. The number of likely N-dealkylation sites (tertiary alicyclic amines) is 1. The molecule has 2 fully saturated rings. The van der Waals surface area contributed by atoms with Crippen LogP contribution in [-0.4, -0.2) is 60.5 Å². The van der Waals surface area contributed by atoms with Crippen LogP contribution in [0.25, 0.3) is 0 Å². The van der Waals surface area contributed by atoms with Gasteiger partial charge < -0.3 is 10.6 Å². The van der Waals surface area contributed by atoms with Crippen LogP contribution >= 0.6 is 46.4 Å². The molecule has 9 heteroatoms. The van der Waals surface area contributed by atoms with E-state index in [9.17, 15) is 9.59 Å². The summed E-state index contributed by atoms with van der Waals surface area (Å²) in [6, 6.07) is 9.51. The van der Waals surface area contributed by atoms with Crippen molar-refractivity contribution in [3.8, 4) is 0 Å². The smallest absolute Gasteiger partial charge is 0.325 e. The lowest BCUT2D eigenvalue weighted by Gasteiger charge is -2.44. The highest BCUT2D eigenvalue weighted by molar-refractivity contribution is 6.35.